The Balaban J connectivity index is 1.30. The van der Waals surface area contributed by atoms with Gasteiger partial charge in [0.1, 0.15) is 0 Å². The van der Waals surface area contributed by atoms with E-state index >= 15 is 0 Å². The number of nitrogens with zero attached hydrogens (tertiary/aromatic N) is 1. The van der Waals surface area contributed by atoms with Crippen LogP contribution in [0.1, 0.15) is 19.3 Å². The number of unbranched alkanes of at least 4 members (excludes halogenated alkanes) is 2. The topological polar surface area (TPSA) is 47.1 Å². The van der Waals surface area contributed by atoms with E-state index in [0.717, 1.165) is 64.2 Å². The van der Waals surface area contributed by atoms with Crippen LogP contribution in [0.15, 0.2) is 90.1 Å². The number of thioether (sulfide) groups is 1. The van der Waals surface area contributed by atoms with Crippen molar-refractivity contribution in [3.05, 3.63) is 84.9 Å². The number of methoxy groups -OCH3 is 1. The molecule has 5 heteroatoms. The number of nitrogens with one attached hydrogen (secondary N) is 1. The highest BCUT2D eigenvalue weighted by Crippen LogP contribution is 2.33. The summed E-state index contributed by atoms with van der Waals surface area (Å²) in [6.07, 6.45) is 3.24. The summed E-state index contributed by atoms with van der Waals surface area (Å²) in [4.78, 5) is 8.46. The van der Waals surface area contributed by atoms with Crippen LogP contribution in [0.25, 0.3) is 22.5 Å². The number of benzene rings is 3. The van der Waals surface area contributed by atoms with Crippen molar-refractivity contribution < 1.29 is 9.47 Å². The van der Waals surface area contributed by atoms with Crippen LogP contribution in [0.3, 0.4) is 0 Å². The zero-order chi connectivity index (χ0) is 22.0. The van der Waals surface area contributed by atoms with Gasteiger partial charge in [0.15, 0.2) is 16.7 Å². The molecule has 0 saturated carbocycles. The van der Waals surface area contributed by atoms with Crippen molar-refractivity contribution in [3.8, 4) is 34.0 Å². The van der Waals surface area contributed by atoms with Crippen molar-refractivity contribution in [1.29, 1.82) is 0 Å². The van der Waals surface area contributed by atoms with E-state index in [9.17, 15) is 0 Å². The van der Waals surface area contributed by atoms with Crippen LogP contribution >= 0.6 is 11.8 Å². The van der Waals surface area contributed by atoms with Crippen LogP contribution in [0.4, 0.5) is 0 Å². The minimum absolute atomic E-state index is 0.697. The Kier molecular flexibility index (Phi) is 7.88. The Morgan fingerprint density at radius 3 is 2.12 bits per heavy atom. The molecule has 4 aromatic rings. The van der Waals surface area contributed by atoms with Crippen LogP contribution < -0.4 is 9.47 Å². The van der Waals surface area contributed by atoms with Gasteiger partial charge >= 0.3 is 0 Å². The normalized spacial score (nSPS) is 10.8. The Hall–Kier alpha value is -3.18. The molecule has 0 atom stereocenters. The summed E-state index contributed by atoms with van der Waals surface area (Å²) >= 11 is 1.78. The lowest BCUT2D eigenvalue weighted by Gasteiger charge is -2.09. The summed E-state index contributed by atoms with van der Waals surface area (Å²) in [6.45, 7) is 0.697. The first-order valence-electron chi connectivity index (χ1n) is 10.9. The average molecular weight is 445 g/mol. The Morgan fingerprint density at radius 1 is 0.750 bits per heavy atom. The first-order valence-corrected chi connectivity index (χ1v) is 11.9. The van der Waals surface area contributed by atoms with Gasteiger partial charge in [0.2, 0.25) is 0 Å². The molecular formula is C27H28N2O2S. The summed E-state index contributed by atoms with van der Waals surface area (Å²) in [5, 5.41) is 0.966. The number of H-pyrrole nitrogens is 1. The molecule has 0 unspecified atom stereocenters. The van der Waals surface area contributed by atoms with Crippen LogP contribution in [-0.2, 0) is 0 Å². The van der Waals surface area contributed by atoms with Crippen molar-refractivity contribution in [3.63, 3.8) is 0 Å². The molecule has 0 amide bonds. The fraction of sp³-hybridized carbons (Fsp3) is 0.222. The molecule has 0 spiro atoms. The standard InChI is InChI=1S/C27H28N2O2S/c1-30-23-17-9-10-18-24(23)31-19-11-4-12-20-32-27-28-25(21-13-5-2-6-14-21)26(29-27)22-15-7-3-8-16-22/h2-3,5-10,13-18H,4,11-12,19-20H2,1H3,(H,28,29). The predicted octanol–water partition coefficient (Wildman–Crippen LogP) is 7.09. The molecule has 3 aromatic carbocycles. The molecule has 0 aliphatic carbocycles. The zero-order valence-corrected chi connectivity index (χ0v) is 19.1. The van der Waals surface area contributed by atoms with Crippen molar-refractivity contribution in [1.82, 2.24) is 9.97 Å². The number of imidazole rings is 1. The minimum Gasteiger partial charge on any atom is -0.493 e. The third-order valence-electron chi connectivity index (χ3n) is 5.15. The van der Waals surface area contributed by atoms with Gasteiger partial charge in [-0.05, 0) is 31.4 Å². The summed E-state index contributed by atoms with van der Waals surface area (Å²) in [5.74, 6) is 2.61. The molecule has 4 rings (SSSR count). The highest BCUT2D eigenvalue weighted by atomic mass is 32.2. The van der Waals surface area contributed by atoms with E-state index in [-0.39, 0.29) is 0 Å². The summed E-state index contributed by atoms with van der Waals surface area (Å²) in [7, 11) is 1.67. The number of ether oxygens (including phenoxy) is 2. The van der Waals surface area contributed by atoms with Gasteiger partial charge in [-0.25, -0.2) is 4.98 Å². The Labute approximate surface area is 194 Å². The van der Waals surface area contributed by atoms with Gasteiger partial charge in [-0.15, -0.1) is 0 Å². The number of aromatic amines is 1. The smallest absolute Gasteiger partial charge is 0.166 e. The van der Waals surface area contributed by atoms with Crippen LogP contribution in [0, 0.1) is 0 Å². The van der Waals surface area contributed by atoms with Crippen molar-refractivity contribution in [2.24, 2.45) is 0 Å². The molecule has 0 fully saturated rings. The highest BCUT2D eigenvalue weighted by Gasteiger charge is 2.14. The number of hydrogen-bond donors (Lipinski definition) is 1. The van der Waals surface area contributed by atoms with E-state index in [1.54, 1.807) is 18.9 Å². The molecule has 4 nitrogen and oxygen atoms in total. The fourth-order valence-corrected chi connectivity index (χ4v) is 4.38. The molecule has 164 valence electrons. The van der Waals surface area contributed by atoms with Gasteiger partial charge in [-0.2, -0.15) is 0 Å². The van der Waals surface area contributed by atoms with Crippen LogP contribution in [0.5, 0.6) is 11.5 Å². The number of rotatable bonds is 11. The monoisotopic (exact) mass is 444 g/mol. The lowest BCUT2D eigenvalue weighted by molar-refractivity contribution is 0.286. The third-order valence-corrected chi connectivity index (χ3v) is 6.11. The predicted molar refractivity (Wildman–Crippen MR) is 133 cm³/mol. The summed E-state index contributed by atoms with van der Waals surface area (Å²) in [5.41, 5.74) is 4.36. The lowest BCUT2D eigenvalue weighted by Crippen LogP contribution is -1.99. The average Bonchev–Trinajstić information content (AvgIpc) is 3.29. The molecule has 0 bridgehead atoms. The molecule has 32 heavy (non-hydrogen) atoms. The van der Waals surface area contributed by atoms with E-state index in [0.29, 0.717) is 6.61 Å². The largest absolute Gasteiger partial charge is 0.493 e. The van der Waals surface area contributed by atoms with Gasteiger partial charge in [-0.1, -0.05) is 84.6 Å². The highest BCUT2D eigenvalue weighted by molar-refractivity contribution is 7.99. The van der Waals surface area contributed by atoms with Crippen molar-refractivity contribution >= 4 is 11.8 Å². The fourth-order valence-electron chi connectivity index (χ4n) is 3.51. The van der Waals surface area contributed by atoms with Gasteiger partial charge < -0.3 is 14.5 Å². The van der Waals surface area contributed by atoms with Gasteiger partial charge in [0, 0.05) is 16.9 Å². The number of para-hydroxylation sites is 2. The van der Waals surface area contributed by atoms with E-state index < -0.39 is 0 Å². The summed E-state index contributed by atoms with van der Waals surface area (Å²) in [6, 6.07) is 28.5. The first kappa shape index (κ1) is 22.0. The maximum absolute atomic E-state index is 5.86. The lowest BCUT2D eigenvalue weighted by atomic mass is 10.1. The number of hydrogen-bond acceptors (Lipinski definition) is 4. The molecule has 1 heterocycles. The van der Waals surface area contributed by atoms with E-state index in [4.69, 9.17) is 14.5 Å². The zero-order valence-electron chi connectivity index (χ0n) is 18.3. The second-order valence-electron chi connectivity index (χ2n) is 7.41. The quantitative estimate of drug-likeness (QED) is 0.198. The molecule has 1 aromatic heterocycles. The van der Waals surface area contributed by atoms with Gasteiger partial charge in [0.05, 0.1) is 25.1 Å². The second kappa shape index (κ2) is 11.4. The molecule has 1 N–H and O–H groups in total. The van der Waals surface area contributed by atoms with Crippen molar-refractivity contribution in [2.45, 2.75) is 24.4 Å². The van der Waals surface area contributed by atoms with Crippen LogP contribution in [-0.4, -0.2) is 29.4 Å². The maximum Gasteiger partial charge on any atom is 0.166 e. The maximum atomic E-state index is 5.86. The van der Waals surface area contributed by atoms with Crippen LogP contribution in [0.2, 0.25) is 0 Å². The number of aromatic nitrogens is 2. The Morgan fingerprint density at radius 2 is 1.41 bits per heavy atom. The minimum atomic E-state index is 0.697. The molecule has 0 aliphatic rings. The molecule has 0 saturated heterocycles. The van der Waals surface area contributed by atoms with E-state index in [1.165, 1.54) is 0 Å². The van der Waals surface area contributed by atoms with Crippen molar-refractivity contribution in [2.75, 3.05) is 19.5 Å². The molecular weight excluding hydrogens is 416 g/mol. The molecule has 0 radical (unpaired) electrons. The summed E-state index contributed by atoms with van der Waals surface area (Å²) < 4.78 is 11.2. The van der Waals surface area contributed by atoms with E-state index in [2.05, 4.69) is 53.5 Å². The SMILES string of the molecule is COc1ccccc1OCCCCCSc1nc(-c2ccccc2)c(-c2ccccc2)[nH]1. The first-order chi connectivity index (χ1) is 15.8. The Bertz CT molecular complexity index is 1040. The second-order valence-corrected chi connectivity index (χ2v) is 8.49. The van der Waals surface area contributed by atoms with Gasteiger partial charge in [0.25, 0.3) is 0 Å². The molecule has 0 aliphatic heterocycles. The third kappa shape index (κ3) is 5.74. The van der Waals surface area contributed by atoms with Gasteiger partial charge in [-0.3, -0.25) is 0 Å². The van der Waals surface area contributed by atoms with E-state index in [1.807, 2.05) is 36.4 Å².